The van der Waals surface area contributed by atoms with Gasteiger partial charge in [-0.3, -0.25) is 18.9 Å². The lowest BCUT2D eigenvalue weighted by Gasteiger charge is -2.37. The van der Waals surface area contributed by atoms with Crippen molar-refractivity contribution >= 4 is 57.4 Å². The summed E-state index contributed by atoms with van der Waals surface area (Å²) in [5.41, 5.74) is 3.51. The van der Waals surface area contributed by atoms with Gasteiger partial charge in [0.25, 0.3) is 11.5 Å². The molecule has 208 valence electrons. The molecule has 0 radical (unpaired) electrons. The maximum absolute atomic E-state index is 13.9. The average Bonchev–Trinajstić information content (AvgIpc) is 3.27. The fraction of sp³-hybridized carbons (Fsp3) is 0.226. The topological polar surface area (TPSA) is 61.2 Å². The number of rotatable bonds is 5. The molecule has 0 N–H and O–H groups in total. The first kappa shape index (κ1) is 27.2. The van der Waals surface area contributed by atoms with Crippen molar-refractivity contribution in [1.29, 1.82) is 0 Å². The number of halogens is 1. The predicted octanol–water partition coefficient (Wildman–Crippen LogP) is 5.43. The number of carbonyl (C=O) groups is 1. The summed E-state index contributed by atoms with van der Waals surface area (Å²) in [6, 6.07) is 19.7. The number of anilines is 2. The van der Waals surface area contributed by atoms with Gasteiger partial charge in [-0.25, -0.2) is 9.37 Å². The van der Waals surface area contributed by atoms with E-state index < -0.39 is 0 Å². The molecule has 0 spiro atoms. The van der Waals surface area contributed by atoms with E-state index >= 15 is 0 Å². The molecule has 2 fully saturated rings. The number of thioether (sulfide) groups is 1. The number of fused-ring (bicyclic) bond motifs is 1. The molecule has 1 atom stereocenters. The number of hydrogen-bond acceptors (Lipinski definition) is 7. The molecule has 2 aliphatic rings. The van der Waals surface area contributed by atoms with Gasteiger partial charge < -0.3 is 9.80 Å². The molecule has 0 bridgehead atoms. The molecule has 4 heterocycles. The Bertz CT molecular complexity index is 1730. The Morgan fingerprint density at radius 2 is 1.63 bits per heavy atom. The Labute approximate surface area is 246 Å². The van der Waals surface area contributed by atoms with E-state index in [0.717, 1.165) is 16.8 Å². The molecule has 7 nitrogen and oxygen atoms in total. The molecule has 2 saturated heterocycles. The quantitative estimate of drug-likeness (QED) is 0.229. The second kappa shape index (κ2) is 11.1. The summed E-state index contributed by atoms with van der Waals surface area (Å²) >= 11 is 6.83. The van der Waals surface area contributed by atoms with E-state index in [-0.39, 0.29) is 23.3 Å². The zero-order valence-electron chi connectivity index (χ0n) is 22.7. The molecule has 2 aromatic heterocycles. The Kier molecular flexibility index (Phi) is 7.35. The van der Waals surface area contributed by atoms with E-state index in [2.05, 4.69) is 9.80 Å². The summed E-state index contributed by atoms with van der Waals surface area (Å²) in [7, 11) is 0. The Hall–Kier alpha value is -4.02. The van der Waals surface area contributed by atoms with Crippen LogP contribution in [0.25, 0.3) is 11.7 Å². The summed E-state index contributed by atoms with van der Waals surface area (Å²) in [5.74, 6) is 0.0489. The van der Waals surface area contributed by atoms with Gasteiger partial charge in [0.1, 0.15) is 21.6 Å². The highest BCUT2D eigenvalue weighted by Crippen LogP contribution is 2.38. The number of amides is 1. The number of aryl methyl sites for hydroxylation is 1. The Morgan fingerprint density at radius 1 is 0.951 bits per heavy atom. The van der Waals surface area contributed by atoms with Crippen LogP contribution in [0.4, 0.5) is 15.9 Å². The minimum Gasteiger partial charge on any atom is -0.368 e. The lowest BCUT2D eigenvalue weighted by atomic mass is 10.1. The fourth-order valence-electron chi connectivity index (χ4n) is 5.27. The molecule has 1 amide bonds. The average molecular weight is 586 g/mol. The van der Waals surface area contributed by atoms with E-state index in [1.807, 2.05) is 56.3 Å². The summed E-state index contributed by atoms with van der Waals surface area (Å²) in [6.45, 7) is 6.44. The Balaban J connectivity index is 1.36. The highest BCUT2D eigenvalue weighted by Gasteiger charge is 2.36. The van der Waals surface area contributed by atoms with Gasteiger partial charge in [-0.2, -0.15) is 0 Å². The van der Waals surface area contributed by atoms with Gasteiger partial charge in [-0.05, 0) is 61.4 Å². The summed E-state index contributed by atoms with van der Waals surface area (Å²) in [5, 5.41) is 0. The van der Waals surface area contributed by atoms with E-state index in [4.69, 9.17) is 17.2 Å². The highest BCUT2D eigenvalue weighted by molar-refractivity contribution is 8.26. The monoisotopic (exact) mass is 585 g/mol. The smallest absolute Gasteiger partial charge is 0.267 e. The number of nitrogens with zero attached hydrogens (tertiary/aromatic N) is 5. The van der Waals surface area contributed by atoms with E-state index in [1.54, 1.807) is 29.3 Å². The second-order valence-electron chi connectivity index (χ2n) is 10.2. The maximum atomic E-state index is 13.9. The van der Waals surface area contributed by atoms with E-state index in [9.17, 15) is 14.0 Å². The van der Waals surface area contributed by atoms with Crippen molar-refractivity contribution < 1.29 is 9.18 Å². The fourth-order valence-corrected chi connectivity index (χ4v) is 6.67. The van der Waals surface area contributed by atoms with Crippen LogP contribution in [0.2, 0.25) is 0 Å². The van der Waals surface area contributed by atoms with Crippen LogP contribution in [0.3, 0.4) is 0 Å². The van der Waals surface area contributed by atoms with Gasteiger partial charge in [-0.1, -0.05) is 60.4 Å². The van der Waals surface area contributed by atoms with Crippen molar-refractivity contribution in [3.63, 3.8) is 0 Å². The zero-order valence-corrected chi connectivity index (χ0v) is 24.3. The van der Waals surface area contributed by atoms with Gasteiger partial charge in [-0.15, -0.1) is 0 Å². The van der Waals surface area contributed by atoms with Crippen LogP contribution in [0.15, 0.2) is 82.6 Å². The van der Waals surface area contributed by atoms with Crippen LogP contribution in [-0.4, -0.2) is 50.7 Å². The lowest BCUT2D eigenvalue weighted by molar-refractivity contribution is -0.123. The minimum absolute atomic E-state index is 0.225. The third-order valence-corrected chi connectivity index (χ3v) is 8.86. The molecule has 41 heavy (non-hydrogen) atoms. The Morgan fingerprint density at radius 3 is 2.34 bits per heavy atom. The largest absolute Gasteiger partial charge is 0.368 e. The number of hydrogen-bond donors (Lipinski definition) is 0. The van der Waals surface area contributed by atoms with Gasteiger partial charge in [0.15, 0.2) is 0 Å². The zero-order chi connectivity index (χ0) is 28.7. The highest BCUT2D eigenvalue weighted by atomic mass is 32.2. The number of benzene rings is 2. The molecule has 2 aliphatic heterocycles. The van der Waals surface area contributed by atoms with Gasteiger partial charge in [0.05, 0.1) is 16.5 Å². The molecule has 6 rings (SSSR count). The summed E-state index contributed by atoms with van der Waals surface area (Å²) < 4.78 is 15.4. The maximum Gasteiger partial charge on any atom is 0.267 e. The van der Waals surface area contributed by atoms with Crippen molar-refractivity contribution in [1.82, 2.24) is 14.3 Å². The first-order chi connectivity index (χ1) is 19.8. The van der Waals surface area contributed by atoms with Crippen molar-refractivity contribution in [3.05, 3.63) is 111 Å². The number of thiocarbonyl (C=S) groups is 1. The lowest BCUT2D eigenvalue weighted by Crippen LogP contribution is -2.47. The molecular weight excluding hydrogens is 558 g/mol. The van der Waals surface area contributed by atoms with Crippen molar-refractivity contribution in [2.75, 3.05) is 36.0 Å². The second-order valence-corrected chi connectivity index (χ2v) is 11.9. The van der Waals surface area contributed by atoms with Crippen LogP contribution in [-0.2, 0) is 4.79 Å². The van der Waals surface area contributed by atoms with Crippen LogP contribution >= 0.6 is 24.0 Å². The summed E-state index contributed by atoms with van der Waals surface area (Å²) in [4.78, 5) is 38.7. The molecule has 4 aromatic rings. The molecule has 0 saturated carbocycles. The van der Waals surface area contributed by atoms with Crippen LogP contribution in [0, 0.1) is 12.7 Å². The number of aromatic nitrogens is 2. The summed E-state index contributed by atoms with van der Waals surface area (Å²) in [6.07, 6.45) is 3.42. The molecular formula is C31H28FN5O2S2. The van der Waals surface area contributed by atoms with Crippen molar-refractivity contribution in [2.24, 2.45) is 0 Å². The molecule has 0 aliphatic carbocycles. The SMILES string of the molecule is Cc1ccc2nc(N3CCN(c4ccc(F)cc4)CC3)c(/C=C3/SC(=S)N(C(C)c4ccccc4)C3=O)c(=O)n2c1. The molecule has 1 unspecified atom stereocenters. The van der Waals surface area contributed by atoms with Crippen LogP contribution in [0.5, 0.6) is 0 Å². The van der Waals surface area contributed by atoms with Crippen LogP contribution in [0.1, 0.15) is 29.7 Å². The first-order valence-corrected chi connectivity index (χ1v) is 14.6. The first-order valence-electron chi connectivity index (χ1n) is 13.4. The van der Waals surface area contributed by atoms with Crippen molar-refractivity contribution in [3.8, 4) is 0 Å². The predicted molar refractivity (Wildman–Crippen MR) is 167 cm³/mol. The number of piperazine rings is 1. The third kappa shape index (κ3) is 5.25. The van der Waals surface area contributed by atoms with E-state index in [0.29, 0.717) is 52.4 Å². The number of pyridine rings is 1. The third-order valence-electron chi connectivity index (χ3n) is 7.52. The van der Waals surface area contributed by atoms with Crippen LogP contribution < -0.4 is 15.4 Å². The standard InChI is InChI=1S/C31H28FN5O2S2/c1-20-8-13-27-33-28(35-16-14-34(15-17-35)24-11-9-23(32)10-12-24)25(29(38)36(27)19-20)18-26-30(39)37(31(40)41-26)21(2)22-6-4-3-5-7-22/h3-13,18-19,21H,14-17H2,1-2H3/b26-18+. The van der Waals surface area contributed by atoms with Gasteiger partial charge >= 0.3 is 0 Å². The van der Waals surface area contributed by atoms with Crippen molar-refractivity contribution in [2.45, 2.75) is 19.9 Å². The minimum atomic E-state index is -0.267. The molecule has 10 heteroatoms. The normalized spacial score (nSPS) is 17.6. The van der Waals surface area contributed by atoms with Gasteiger partial charge in [0.2, 0.25) is 0 Å². The van der Waals surface area contributed by atoms with E-state index in [1.165, 1.54) is 28.3 Å². The van der Waals surface area contributed by atoms with Gasteiger partial charge in [0, 0.05) is 38.1 Å². The number of carbonyl (C=O) groups excluding carboxylic acids is 1. The molecule has 2 aromatic carbocycles.